The summed E-state index contributed by atoms with van der Waals surface area (Å²) in [5.41, 5.74) is 5.15. The van der Waals surface area contributed by atoms with Gasteiger partial charge >= 0.3 is 0 Å². The molecule has 2 unspecified atom stereocenters. The molecule has 18 heavy (non-hydrogen) atoms. The highest BCUT2D eigenvalue weighted by atomic mass is 16.5. The zero-order valence-electron chi connectivity index (χ0n) is 11.6. The van der Waals surface area contributed by atoms with Crippen molar-refractivity contribution in [2.75, 3.05) is 33.4 Å². The Kier molecular flexibility index (Phi) is 5.01. The van der Waals surface area contributed by atoms with E-state index in [2.05, 4.69) is 4.90 Å². The standard InChI is InChI=1S/C14H28N2O2/c1-18-10-9-16(13-4-5-13)8-6-12-3-2-7-14(12,17)11-15/h12-13,17H,2-11,15H2,1H3. The summed E-state index contributed by atoms with van der Waals surface area (Å²) in [6.07, 6.45) is 6.88. The van der Waals surface area contributed by atoms with Gasteiger partial charge in [-0.2, -0.15) is 0 Å². The van der Waals surface area contributed by atoms with Crippen LogP contribution in [0.4, 0.5) is 0 Å². The molecular formula is C14H28N2O2. The lowest BCUT2D eigenvalue weighted by molar-refractivity contribution is 0.00345. The number of hydrogen-bond acceptors (Lipinski definition) is 4. The van der Waals surface area contributed by atoms with E-state index in [1.54, 1.807) is 7.11 Å². The van der Waals surface area contributed by atoms with Gasteiger partial charge in [0.05, 0.1) is 12.2 Å². The van der Waals surface area contributed by atoms with Crippen LogP contribution >= 0.6 is 0 Å². The number of nitrogens with two attached hydrogens (primary N) is 1. The first-order valence-corrected chi connectivity index (χ1v) is 7.35. The van der Waals surface area contributed by atoms with E-state index < -0.39 is 5.60 Å². The molecule has 4 nitrogen and oxygen atoms in total. The van der Waals surface area contributed by atoms with Gasteiger partial charge in [0.15, 0.2) is 0 Å². The molecule has 0 heterocycles. The Labute approximate surface area is 110 Å². The summed E-state index contributed by atoms with van der Waals surface area (Å²) in [4.78, 5) is 2.53. The third kappa shape index (κ3) is 3.44. The van der Waals surface area contributed by atoms with Gasteiger partial charge in [0.1, 0.15) is 0 Å². The first-order valence-electron chi connectivity index (χ1n) is 7.35. The molecule has 106 valence electrons. The average Bonchev–Trinajstić information content (AvgIpc) is 3.15. The van der Waals surface area contributed by atoms with Crippen molar-refractivity contribution in [1.29, 1.82) is 0 Å². The molecule has 0 spiro atoms. The normalized spacial score (nSPS) is 32.3. The minimum absolute atomic E-state index is 0.395. The van der Waals surface area contributed by atoms with Crippen LogP contribution in [0.5, 0.6) is 0 Å². The van der Waals surface area contributed by atoms with Gasteiger partial charge in [-0.3, -0.25) is 4.90 Å². The van der Waals surface area contributed by atoms with Crippen LogP contribution in [-0.2, 0) is 4.74 Å². The lowest BCUT2D eigenvalue weighted by atomic mass is 9.88. The predicted molar refractivity (Wildman–Crippen MR) is 72.4 cm³/mol. The number of methoxy groups -OCH3 is 1. The SMILES string of the molecule is COCCN(CCC1CCCC1(O)CN)C1CC1. The summed E-state index contributed by atoms with van der Waals surface area (Å²) in [5.74, 6) is 0.395. The van der Waals surface area contributed by atoms with Gasteiger partial charge in [-0.25, -0.2) is 0 Å². The number of rotatable bonds is 8. The van der Waals surface area contributed by atoms with Crippen molar-refractivity contribution < 1.29 is 9.84 Å². The number of ether oxygens (including phenoxy) is 1. The summed E-state index contributed by atoms with van der Waals surface area (Å²) in [6.45, 7) is 3.33. The second-order valence-electron chi connectivity index (χ2n) is 5.95. The van der Waals surface area contributed by atoms with Crippen molar-refractivity contribution in [2.24, 2.45) is 11.7 Å². The van der Waals surface area contributed by atoms with Crippen molar-refractivity contribution in [1.82, 2.24) is 4.90 Å². The maximum atomic E-state index is 10.4. The predicted octanol–water partition coefficient (Wildman–Crippen LogP) is 0.977. The molecule has 0 saturated heterocycles. The molecule has 0 amide bonds. The summed E-state index contributed by atoms with van der Waals surface area (Å²) in [5, 5.41) is 10.4. The molecule has 2 atom stereocenters. The van der Waals surface area contributed by atoms with E-state index in [0.29, 0.717) is 12.5 Å². The first-order chi connectivity index (χ1) is 8.69. The van der Waals surface area contributed by atoms with Crippen molar-refractivity contribution in [3.05, 3.63) is 0 Å². The third-order valence-corrected chi connectivity index (χ3v) is 4.69. The Morgan fingerprint density at radius 3 is 2.72 bits per heavy atom. The van der Waals surface area contributed by atoms with Crippen LogP contribution in [0.25, 0.3) is 0 Å². The molecule has 0 aromatic carbocycles. The summed E-state index contributed by atoms with van der Waals surface area (Å²) in [7, 11) is 1.76. The molecular weight excluding hydrogens is 228 g/mol. The van der Waals surface area contributed by atoms with E-state index in [0.717, 1.165) is 51.4 Å². The highest BCUT2D eigenvalue weighted by molar-refractivity contribution is 4.94. The fourth-order valence-electron chi connectivity index (χ4n) is 3.26. The lowest BCUT2D eigenvalue weighted by Crippen LogP contribution is -2.43. The van der Waals surface area contributed by atoms with Crippen molar-refractivity contribution >= 4 is 0 Å². The maximum absolute atomic E-state index is 10.4. The van der Waals surface area contributed by atoms with Crippen LogP contribution < -0.4 is 5.73 Å². The topological polar surface area (TPSA) is 58.7 Å². The van der Waals surface area contributed by atoms with Gasteiger partial charge in [-0.1, -0.05) is 6.42 Å². The highest BCUT2D eigenvalue weighted by Crippen LogP contribution is 2.38. The molecule has 0 aliphatic heterocycles. The Hall–Kier alpha value is -0.160. The van der Waals surface area contributed by atoms with Crippen LogP contribution in [0.3, 0.4) is 0 Å². The van der Waals surface area contributed by atoms with Crippen molar-refractivity contribution in [3.8, 4) is 0 Å². The number of nitrogens with zero attached hydrogens (tertiary/aromatic N) is 1. The number of hydrogen-bond donors (Lipinski definition) is 2. The Morgan fingerprint density at radius 2 is 2.11 bits per heavy atom. The van der Waals surface area contributed by atoms with Gasteiger partial charge in [0.25, 0.3) is 0 Å². The van der Waals surface area contributed by atoms with E-state index in [-0.39, 0.29) is 0 Å². The minimum Gasteiger partial charge on any atom is -0.388 e. The second kappa shape index (κ2) is 6.33. The fourth-order valence-corrected chi connectivity index (χ4v) is 3.26. The van der Waals surface area contributed by atoms with Gasteiger partial charge in [0, 0.05) is 26.2 Å². The van der Waals surface area contributed by atoms with Crippen LogP contribution in [-0.4, -0.2) is 55.0 Å². The average molecular weight is 256 g/mol. The first kappa shape index (κ1) is 14.3. The minimum atomic E-state index is -0.587. The summed E-state index contributed by atoms with van der Waals surface area (Å²) >= 11 is 0. The summed E-state index contributed by atoms with van der Waals surface area (Å²) in [6, 6.07) is 0.771. The number of aliphatic hydroxyl groups is 1. The third-order valence-electron chi connectivity index (χ3n) is 4.69. The van der Waals surface area contributed by atoms with E-state index in [1.807, 2.05) is 0 Å². The Bertz CT molecular complexity index is 258. The van der Waals surface area contributed by atoms with Gasteiger partial charge in [-0.05, 0) is 44.6 Å². The van der Waals surface area contributed by atoms with E-state index in [1.165, 1.54) is 12.8 Å². The van der Waals surface area contributed by atoms with Crippen LogP contribution in [0.15, 0.2) is 0 Å². The molecule has 2 rings (SSSR count). The largest absolute Gasteiger partial charge is 0.388 e. The molecule has 3 N–H and O–H groups in total. The molecule has 0 bridgehead atoms. The zero-order chi connectivity index (χ0) is 13.0. The molecule has 2 aliphatic carbocycles. The molecule has 0 aromatic heterocycles. The summed E-state index contributed by atoms with van der Waals surface area (Å²) < 4.78 is 5.17. The van der Waals surface area contributed by atoms with Crippen molar-refractivity contribution in [3.63, 3.8) is 0 Å². The van der Waals surface area contributed by atoms with Gasteiger partial charge in [-0.15, -0.1) is 0 Å². The van der Waals surface area contributed by atoms with Crippen LogP contribution in [0.2, 0.25) is 0 Å². The Morgan fingerprint density at radius 1 is 1.33 bits per heavy atom. The van der Waals surface area contributed by atoms with E-state index in [9.17, 15) is 5.11 Å². The zero-order valence-corrected chi connectivity index (χ0v) is 11.6. The quantitative estimate of drug-likeness (QED) is 0.679. The molecule has 4 heteroatoms. The fraction of sp³-hybridized carbons (Fsp3) is 1.00. The molecule has 2 saturated carbocycles. The lowest BCUT2D eigenvalue weighted by Gasteiger charge is -2.31. The molecule has 0 aromatic rings. The maximum Gasteiger partial charge on any atom is 0.0797 e. The molecule has 2 fully saturated rings. The van der Waals surface area contributed by atoms with Crippen LogP contribution in [0, 0.1) is 5.92 Å². The van der Waals surface area contributed by atoms with Gasteiger partial charge in [0.2, 0.25) is 0 Å². The molecule has 2 aliphatic rings. The van der Waals surface area contributed by atoms with Crippen LogP contribution in [0.1, 0.15) is 38.5 Å². The molecule has 0 radical (unpaired) electrons. The monoisotopic (exact) mass is 256 g/mol. The Balaban J connectivity index is 1.78. The van der Waals surface area contributed by atoms with Gasteiger partial charge < -0.3 is 15.6 Å². The van der Waals surface area contributed by atoms with Crippen molar-refractivity contribution in [2.45, 2.75) is 50.2 Å². The van der Waals surface area contributed by atoms with E-state index in [4.69, 9.17) is 10.5 Å². The smallest absolute Gasteiger partial charge is 0.0797 e. The second-order valence-corrected chi connectivity index (χ2v) is 5.95. The highest BCUT2D eigenvalue weighted by Gasteiger charge is 2.40. The van der Waals surface area contributed by atoms with E-state index >= 15 is 0 Å².